The van der Waals surface area contributed by atoms with Crippen molar-refractivity contribution in [1.29, 1.82) is 0 Å². The molecule has 1 aromatic rings. The second-order valence-corrected chi connectivity index (χ2v) is 11.7. The topological polar surface area (TPSA) is 62.3 Å². The molecule has 4 aliphatic rings. The number of anilines is 1. The zero-order valence-electron chi connectivity index (χ0n) is 20.9. The first kappa shape index (κ1) is 22.6. The van der Waals surface area contributed by atoms with Crippen molar-refractivity contribution in [3.05, 3.63) is 35.3 Å². The van der Waals surface area contributed by atoms with Gasteiger partial charge < -0.3 is 10.2 Å². The third-order valence-electron chi connectivity index (χ3n) is 9.88. The lowest BCUT2D eigenvalue weighted by Crippen LogP contribution is -2.57. The lowest BCUT2D eigenvalue weighted by Gasteiger charge is -2.59. The van der Waals surface area contributed by atoms with Crippen LogP contribution in [0.4, 0.5) is 5.69 Å². The molecular weight excluding hydrogens is 410 g/mol. The first-order valence-electron chi connectivity index (χ1n) is 12.9. The molecule has 1 N–H and O–H groups in total. The number of piperidine rings is 1. The third-order valence-corrected chi connectivity index (χ3v) is 9.88. The van der Waals surface area contributed by atoms with Gasteiger partial charge >= 0.3 is 0 Å². The van der Waals surface area contributed by atoms with E-state index < -0.39 is 5.92 Å². The van der Waals surface area contributed by atoms with Crippen LogP contribution in [-0.2, 0) is 16.0 Å². The Morgan fingerprint density at radius 1 is 1.24 bits per heavy atom. The fourth-order valence-corrected chi connectivity index (χ4v) is 8.43. The summed E-state index contributed by atoms with van der Waals surface area (Å²) < 4.78 is 0. The van der Waals surface area contributed by atoms with Crippen LogP contribution in [0, 0.1) is 34.5 Å². The number of nitrogens with one attached hydrogen (secondary N) is 1. The largest absolute Gasteiger partial charge is 0.325 e. The fourth-order valence-electron chi connectivity index (χ4n) is 8.43. The molecule has 2 amide bonds. The molecule has 6 atom stereocenters. The van der Waals surface area contributed by atoms with E-state index in [1.165, 1.54) is 43.4 Å². The van der Waals surface area contributed by atoms with Crippen molar-refractivity contribution in [3.63, 3.8) is 0 Å². The fraction of sp³-hybridized carbons (Fsp3) is 0.679. The molecule has 0 radical (unpaired) electrons. The van der Waals surface area contributed by atoms with Crippen molar-refractivity contribution in [2.45, 2.75) is 79.1 Å². The van der Waals surface area contributed by atoms with Crippen LogP contribution in [0.2, 0.25) is 0 Å². The molecule has 5 rings (SSSR count). The van der Waals surface area contributed by atoms with Crippen LogP contribution in [0.5, 0.6) is 0 Å². The van der Waals surface area contributed by atoms with Crippen LogP contribution in [0.3, 0.4) is 0 Å². The molecule has 2 heterocycles. The standard InChI is InChI=1S/C28H39N3O2/c1-6-18-15-19(10-13-29-18)30-25(32)21-16-28(4)23-9-12-27(3)11-7-8-22(27)20(23)14-17(2)24(28)31(5)26(21)33/h10,13,15,20-23H,6-9,11-12,14,16H2,1-5H3,(H,29,30,32)/t20-,21?,22-,23+,27-,28+/m0/s1. The van der Waals surface area contributed by atoms with Gasteiger partial charge in [-0.15, -0.1) is 0 Å². The van der Waals surface area contributed by atoms with E-state index in [-0.39, 0.29) is 17.2 Å². The summed E-state index contributed by atoms with van der Waals surface area (Å²) >= 11 is 0. The van der Waals surface area contributed by atoms with E-state index in [1.807, 2.05) is 31.0 Å². The number of carbonyl (C=O) groups excluding carboxylic acids is 2. The summed E-state index contributed by atoms with van der Waals surface area (Å²) in [7, 11) is 1.89. The highest BCUT2D eigenvalue weighted by Gasteiger charge is 2.60. The Morgan fingerprint density at radius 2 is 2.03 bits per heavy atom. The summed E-state index contributed by atoms with van der Waals surface area (Å²) in [6, 6.07) is 3.72. The highest BCUT2D eigenvalue weighted by molar-refractivity contribution is 6.07. The van der Waals surface area contributed by atoms with E-state index in [4.69, 9.17) is 0 Å². The van der Waals surface area contributed by atoms with Gasteiger partial charge in [0, 0.05) is 35.7 Å². The van der Waals surface area contributed by atoms with Crippen LogP contribution in [0.1, 0.15) is 78.3 Å². The molecule has 0 spiro atoms. The van der Waals surface area contributed by atoms with Crippen molar-refractivity contribution in [3.8, 4) is 0 Å². The average Bonchev–Trinajstić information content (AvgIpc) is 3.18. The van der Waals surface area contributed by atoms with Gasteiger partial charge in [-0.3, -0.25) is 14.6 Å². The van der Waals surface area contributed by atoms with Gasteiger partial charge in [0.2, 0.25) is 11.8 Å². The van der Waals surface area contributed by atoms with E-state index in [9.17, 15) is 9.59 Å². The number of rotatable bonds is 3. The smallest absolute Gasteiger partial charge is 0.239 e. The normalized spacial score (nSPS) is 38.0. The number of hydrogen-bond acceptors (Lipinski definition) is 3. The van der Waals surface area contributed by atoms with Gasteiger partial charge in [0.1, 0.15) is 5.92 Å². The molecule has 0 aromatic carbocycles. The second kappa shape index (κ2) is 7.95. The number of likely N-dealkylation sites (tertiary alicyclic amines) is 1. The van der Waals surface area contributed by atoms with Crippen molar-refractivity contribution >= 4 is 17.5 Å². The van der Waals surface area contributed by atoms with Crippen LogP contribution in [-0.4, -0.2) is 28.7 Å². The molecule has 1 aromatic heterocycles. The molecule has 3 fully saturated rings. The van der Waals surface area contributed by atoms with Crippen LogP contribution >= 0.6 is 0 Å². The summed E-state index contributed by atoms with van der Waals surface area (Å²) in [5, 5.41) is 3.03. The minimum Gasteiger partial charge on any atom is -0.325 e. The van der Waals surface area contributed by atoms with Crippen LogP contribution < -0.4 is 5.32 Å². The first-order valence-corrected chi connectivity index (χ1v) is 12.9. The number of hydrogen-bond donors (Lipinski definition) is 1. The Balaban J connectivity index is 1.46. The molecule has 2 saturated carbocycles. The molecule has 1 unspecified atom stereocenters. The third kappa shape index (κ3) is 3.45. The molecule has 0 bridgehead atoms. The highest BCUT2D eigenvalue weighted by atomic mass is 16.2. The van der Waals surface area contributed by atoms with Crippen molar-refractivity contribution in [2.24, 2.45) is 34.5 Å². The van der Waals surface area contributed by atoms with Crippen molar-refractivity contribution in [1.82, 2.24) is 9.88 Å². The van der Waals surface area contributed by atoms with Gasteiger partial charge in [-0.25, -0.2) is 0 Å². The zero-order chi connectivity index (χ0) is 23.5. The lowest BCUT2D eigenvalue weighted by molar-refractivity contribution is -0.147. The molecule has 3 aliphatic carbocycles. The van der Waals surface area contributed by atoms with Gasteiger partial charge in [-0.05, 0) is 87.2 Å². The van der Waals surface area contributed by atoms with E-state index in [0.717, 1.165) is 30.1 Å². The Bertz CT molecular complexity index is 1020. The Morgan fingerprint density at radius 3 is 2.79 bits per heavy atom. The molecule has 178 valence electrons. The van der Waals surface area contributed by atoms with Gasteiger partial charge in [0.15, 0.2) is 0 Å². The van der Waals surface area contributed by atoms with Gasteiger partial charge in [-0.1, -0.05) is 32.8 Å². The molecule has 5 nitrogen and oxygen atoms in total. The van der Waals surface area contributed by atoms with E-state index in [1.54, 1.807) is 6.20 Å². The number of allylic oxidation sites excluding steroid dienone is 2. The number of carbonyl (C=O) groups is 2. The maximum Gasteiger partial charge on any atom is 0.239 e. The first-order chi connectivity index (χ1) is 15.7. The Hall–Kier alpha value is -2.17. The monoisotopic (exact) mass is 449 g/mol. The van der Waals surface area contributed by atoms with Crippen LogP contribution in [0.15, 0.2) is 29.6 Å². The van der Waals surface area contributed by atoms with Crippen molar-refractivity contribution in [2.75, 3.05) is 12.4 Å². The number of pyridine rings is 1. The number of aryl methyl sites for hydroxylation is 1. The maximum atomic E-state index is 13.4. The number of aromatic nitrogens is 1. The van der Waals surface area contributed by atoms with Gasteiger partial charge in [0.25, 0.3) is 0 Å². The lowest BCUT2D eigenvalue weighted by atomic mass is 9.48. The van der Waals surface area contributed by atoms with E-state index >= 15 is 0 Å². The predicted octanol–water partition coefficient (Wildman–Crippen LogP) is 5.58. The van der Waals surface area contributed by atoms with Crippen molar-refractivity contribution < 1.29 is 9.59 Å². The van der Waals surface area contributed by atoms with Gasteiger partial charge in [-0.2, -0.15) is 0 Å². The Labute approximate surface area is 198 Å². The summed E-state index contributed by atoms with van der Waals surface area (Å²) in [6.07, 6.45) is 10.8. The molecular formula is C28H39N3O2. The zero-order valence-corrected chi connectivity index (χ0v) is 20.9. The maximum absolute atomic E-state index is 13.4. The van der Waals surface area contributed by atoms with E-state index in [0.29, 0.717) is 23.7 Å². The predicted molar refractivity (Wildman–Crippen MR) is 130 cm³/mol. The van der Waals surface area contributed by atoms with Gasteiger partial charge in [0.05, 0.1) is 0 Å². The van der Waals surface area contributed by atoms with Crippen LogP contribution in [0.25, 0.3) is 0 Å². The molecule has 1 aliphatic heterocycles. The summed E-state index contributed by atoms with van der Waals surface area (Å²) in [4.78, 5) is 33.0. The number of nitrogens with zero attached hydrogens (tertiary/aromatic N) is 2. The molecule has 33 heavy (non-hydrogen) atoms. The molecule has 5 heteroatoms. The summed E-state index contributed by atoms with van der Waals surface area (Å²) in [5.41, 5.74) is 4.59. The minimum absolute atomic E-state index is 0.0657. The number of amides is 2. The SMILES string of the molecule is CCc1cc(NC(=O)C2C[C@@]3(C)C(=C(C)C[C@@H]4[C@H]3CC[C@]3(C)CCC[C@@H]43)N(C)C2=O)ccn1. The summed E-state index contributed by atoms with van der Waals surface area (Å²) in [6.45, 7) is 9.15. The summed E-state index contributed by atoms with van der Waals surface area (Å²) in [5.74, 6) is 1.11. The molecule has 1 saturated heterocycles. The Kier molecular flexibility index (Phi) is 5.45. The highest BCUT2D eigenvalue weighted by Crippen LogP contribution is 2.65. The average molecular weight is 450 g/mol. The minimum atomic E-state index is -0.648. The van der Waals surface area contributed by atoms with E-state index in [2.05, 4.69) is 31.1 Å². The quantitative estimate of drug-likeness (QED) is 0.613. The second-order valence-electron chi connectivity index (χ2n) is 11.7. The number of fused-ring (bicyclic) bond motifs is 5.